The molecule has 0 N–H and O–H groups in total. The average Bonchev–Trinajstić information content (AvgIpc) is 3.64. The molecule has 1 aliphatic heterocycles. The predicted molar refractivity (Wildman–Crippen MR) is 189 cm³/mol. The summed E-state index contributed by atoms with van der Waals surface area (Å²) in [7, 11) is 0. The van der Waals surface area contributed by atoms with Gasteiger partial charge < -0.3 is 14.1 Å². The maximum absolute atomic E-state index is 14.1. The van der Waals surface area contributed by atoms with Crippen molar-refractivity contribution in [1.29, 1.82) is 0 Å². The highest BCUT2D eigenvalue weighted by molar-refractivity contribution is 6.05. The lowest BCUT2D eigenvalue weighted by Gasteiger charge is -2.31. The molecule has 0 aliphatic carbocycles. The van der Waals surface area contributed by atoms with Crippen molar-refractivity contribution >= 4 is 23.9 Å². The highest BCUT2D eigenvalue weighted by Gasteiger charge is 2.35. The molecule has 1 fully saturated rings. The largest absolute Gasteiger partial charge is 0.444 e. The first-order valence-corrected chi connectivity index (χ1v) is 17.4. The summed E-state index contributed by atoms with van der Waals surface area (Å²) >= 11 is 0. The van der Waals surface area contributed by atoms with Gasteiger partial charge in [0.2, 0.25) is 0 Å². The van der Waals surface area contributed by atoms with E-state index in [0.29, 0.717) is 38.3 Å². The Bertz CT molecular complexity index is 1680. The molecule has 50 heavy (non-hydrogen) atoms. The van der Waals surface area contributed by atoms with Crippen LogP contribution >= 0.6 is 0 Å². The van der Waals surface area contributed by atoms with Gasteiger partial charge >= 0.3 is 18.0 Å². The Morgan fingerprint density at radius 3 is 2.04 bits per heavy atom. The number of likely N-dealkylation sites (tertiary alicyclic amines) is 1. The highest BCUT2D eigenvalue weighted by Crippen LogP contribution is 2.23. The molecule has 1 saturated heterocycles. The number of amides is 5. The van der Waals surface area contributed by atoms with Crippen molar-refractivity contribution < 1.29 is 28.3 Å². The third-order valence-electron chi connectivity index (χ3n) is 8.93. The van der Waals surface area contributed by atoms with Gasteiger partial charge in [-0.05, 0) is 67.1 Å². The summed E-state index contributed by atoms with van der Waals surface area (Å²) in [6.07, 6.45) is 4.55. The summed E-state index contributed by atoms with van der Waals surface area (Å²) in [5.41, 5.74) is 3.10. The van der Waals surface area contributed by atoms with Crippen LogP contribution in [0.5, 0.6) is 0 Å². The first kappa shape index (κ1) is 36.0. The number of imide groups is 2. The second kappa shape index (κ2) is 17.9. The number of aryl methyl sites for hydroxylation is 1. The van der Waals surface area contributed by atoms with Crippen molar-refractivity contribution in [2.24, 2.45) is 11.8 Å². The van der Waals surface area contributed by atoms with Crippen molar-refractivity contribution in [2.75, 3.05) is 26.2 Å². The predicted octanol–water partition coefficient (Wildman–Crippen LogP) is 7.65. The number of carbonyl (C=O) groups excluding carboxylic acids is 4. The molecule has 5 amide bonds. The van der Waals surface area contributed by atoms with Crippen LogP contribution in [-0.4, -0.2) is 69.8 Å². The number of carbonyl (C=O) groups is 4. The number of hydrogen-bond acceptors (Lipinski definition) is 7. The Kier molecular flexibility index (Phi) is 12.9. The number of rotatable bonds is 13. The minimum atomic E-state index is -0.848. The molecule has 0 unspecified atom stereocenters. The van der Waals surface area contributed by atoms with Crippen molar-refractivity contribution in [3.8, 4) is 0 Å². The molecule has 4 aromatic rings. The fraction of sp³-hybridized carbons (Fsp3) is 0.375. The lowest BCUT2D eigenvalue weighted by molar-refractivity contribution is 0.0674. The number of ether oxygens (including phenoxy) is 1. The fourth-order valence-corrected chi connectivity index (χ4v) is 6.00. The zero-order chi connectivity index (χ0) is 35.3. The van der Waals surface area contributed by atoms with Gasteiger partial charge in [0.15, 0.2) is 5.69 Å². The fourth-order valence-electron chi connectivity index (χ4n) is 6.00. The van der Waals surface area contributed by atoms with E-state index in [1.54, 1.807) is 4.90 Å². The Labute approximate surface area is 294 Å². The molecule has 1 aromatic heterocycles. The second-order valence-electron chi connectivity index (χ2n) is 13.2. The van der Waals surface area contributed by atoms with Crippen LogP contribution in [0.25, 0.3) is 0 Å². The summed E-state index contributed by atoms with van der Waals surface area (Å²) in [4.78, 5) is 62.8. The second-order valence-corrected chi connectivity index (χ2v) is 13.2. The van der Waals surface area contributed by atoms with Crippen LogP contribution in [-0.2, 0) is 24.2 Å². The zero-order valence-electron chi connectivity index (χ0n) is 28.9. The van der Waals surface area contributed by atoms with Gasteiger partial charge in [-0.1, -0.05) is 105 Å². The molecular weight excluding hydrogens is 632 g/mol. The van der Waals surface area contributed by atoms with Crippen LogP contribution in [0, 0.1) is 11.8 Å². The first-order valence-electron chi connectivity index (χ1n) is 17.4. The SMILES string of the molecule is CC(C)CCN(C(=O)OCc1ccccc1)C(=O)N(CCCc1ccccc1)C(=O)c1nc(C(=O)N2CCC(Cc3ccccc3)CC2)co1. The van der Waals surface area contributed by atoms with E-state index in [1.807, 2.05) is 92.7 Å². The van der Waals surface area contributed by atoms with E-state index in [9.17, 15) is 19.2 Å². The van der Waals surface area contributed by atoms with Crippen molar-refractivity contribution in [3.05, 3.63) is 126 Å². The smallest absolute Gasteiger partial charge is 0.418 e. The topological polar surface area (TPSA) is 113 Å². The van der Waals surface area contributed by atoms with Gasteiger partial charge in [0, 0.05) is 26.2 Å². The molecule has 3 aromatic carbocycles. The van der Waals surface area contributed by atoms with E-state index in [-0.39, 0.29) is 43.1 Å². The van der Waals surface area contributed by atoms with E-state index in [1.165, 1.54) is 11.8 Å². The number of oxazole rings is 1. The lowest BCUT2D eigenvalue weighted by atomic mass is 9.90. The summed E-state index contributed by atoms with van der Waals surface area (Å²) in [6, 6.07) is 28.4. The Morgan fingerprint density at radius 2 is 1.42 bits per heavy atom. The van der Waals surface area contributed by atoms with Gasteiger partial charge in [-0.2, -0.15) is 4.98 Å². The normalized spacial score (nSPS) is 13.2. The molecule has 0 spiro atoms. The Morgan fingerprint density at radius 1 is 0.820 bits per heavy atom. The van der Waals surface area contributed by atoms with Gasteiger partial charge in [0.25, 0.3) is 11.8 Å². The zero-order valence-corrected chi connectivity index (χ0v) is 28.9. The molecule has 5 rings (SSSR count). The number of urea groups is 1. The molecule has 10 heteroatoms. The van der Waals surface area contributed by atoms with Crippen molar-refractivity contribution in [3.63, 3.8) is 0 Å². The minimum absolute atomic E-state index is 0.00269. The number of nitrogens with zero attached hydrogens (tertiary/aromatic N) is 4. The van der Waals surface area contributed by atoms with Gasteiger partial charge in [-0.3, -0.25) is 14.5 Å². The van der Waals surface area contributed by atoms with Gasteiger partial charge in [-0.15, -0.1) is 0 Å². The molecule has 0 saturated carbocycles. The first-order chi connectivity index (χ1) is 24.3. The van der Waals surface area contributed by atoms with Gasteiger partial charge in [0.1, 0.15) is 12.9 Å². The number of hydrogen-bond donors (Lipinski definition) is 0. The molecular formula is C40H46N4O6. The summed E-state index contributed by atoms with van der Waals surface area (Å²) in [5, 5.41) is 0. The van der Waals surface area contributed by atoms with E-state index < -0.39 is 18.0 Å². The monoisotopic (exact) mass is 678 g/mol. The summed E-state index contributed by atoms with van der Waals surface area (Å²) in [5.74, 6) is -0.880. The Balaban J connectivity index is 1.29. The number of benzene rings is 3. The molecule has 0 bridgehead atoms. The van der Waals surface area contributed by atoms with E-state index in [4.69, 9.17) is 9.15 Å². The maximum Gasteiger partial charge on any atom is 0.418 e. The Hall–Kier alpha value is -5.25. The van der Waals surface area contributed by atoms with Crippen LogP contribution < -0.4 is 0 Å². The lowest BCUT2D eigenvalue weighted by Crippen LogP contribution is -2.50. The van der Waals surface area contributed by atoms with Crippen LogP contribution in [0.1, 0.15) is 77.4 Å². The number of piperidine rings is 1. The summed E-state index contributed by atoms with van der Waals surface area (Å²) < 4.78 is 11.1. The van der Waals surface area contributed by atoms with E-state index in [2.05, 4.69) is 17.1 Å². The van der Waals surface area contributed by atoms with Crippen LogP contribution in [0.15, 0.2) is 102 Å². The van der Waals surface area contributed by atoms with Crippen LogP contribution in [0.2, 0.25) is 0 Å². The van der Waals surface area contributed by atoms with E-state index in [0.717, 1.165) is 40.2 Å². The average molecular weight is 679 g/mol. The maximum atomic E-state index is 14.1. The highest BCUT2D eigenvalue weighted by atomic mass is 16.6. The molecule has 0 atom stereocenters. The quantitative estimate of drug-likeness (QED) is 0.143. The minimum Gasteiger partial charge on any atom is -0.444 e. The van der Waals surface area contributed by atoms with Crippen molar-refractivity contribution in [2.45, 2.75) is 59.0 Å². The molecule has 262 valence electrons. The third-order valence-corrected chi connectivity index (χ3v) is 8.93. The van der Waals surface area contributed by atoms with Crippen LogP contribution in [0.3, 0.4) is 0 Å². The van der Waals surface area contributed by atoms with E-state index >= 15 is 0 Å². The van der Waals surface area contributed by atoms with Gasteiger partial charge in [-0.25, -0.2) is 14.5 Å². The molecule has 10 nitrogen and oxygen atoms in total. The standard InChI is InChI=1S/C40H46N4O6/c1-30(2)20-26-44(40(48)50-28-34-17-10-5-11-18-34)39(47)43(23-12-19-31-13-6-3-7-14-31)38(46)36-41-35(29-49-36)37(45)42-24-21-33(22-25-42)27-32-15-8-4-9-16-32/h3-11,13-18,29-30,33H,12,19-28H2,1-2H3. The third kappa shape index (κ3) is 10.1. The summed E-state index contributed by atoms with van der Waals surface area (Å²) in [6.45, 7) is 5.15. The van der Waals surface area contributed by atoms with Crippen LogP contribution in [0.4, 0.5) is 9.59 Å². The molecule has 1 aliphatic rings. The van der Waals surface area contributed by atoms with Gasteiger partial charge in [0.05, 0.1) is 0 Å². The number of aromatic nitrogens is 1. The molecule has 0 radical (unpaired) electrons. The van der Waals surface area contributed by atoms with Crippen molar-refractivity contribution in [1.82, 2.24) is 19.7 Å². The molecule has 2 heterocycles.